The summed E-state index contributed by atoms with van der Waals surface area (Å²) in [5.74, 6) is 0.489. The highest BCUT2D eigenvalue weighted by atomic mass is 35.5. The number of halogens is 2. The zero-order chi connectivity index (χ0) is 21.7. The molecular weight excluding hydrogens is 447 g/mol. The van der Waals surface area contributed by atoms with E-state index in [-0.39, 0.29) is 33.0 Å². The predicted molar refractivity (Wildman–Crippen MR) is 119 cm³/mol. The summed E-state index contributed by atoms with van der Waals surface area (Å²) in [7, 11) is -2.30. The Bertz CT molecular complexity index is 1150. The number of sulfonamides is 1. The topological polar surface area (TPSA) is 84.5 Å². The molecule has 0 saturated carbocycles. The summed E-state index contributed by atoms with van der Waals surface area (Å²) in [5.41, 5.74) is 1.49. The van der Waals surface area contributed by atoms with Gasteiger partial charge >= 0.3 is 0 Å². The standard InChI is InChI=1S/C21H18Cl2N2O4S/c1-29-16-9-5-14(6-10-16)13-20(26)24-15-7-11-17(12-8-15)30(27,28)25-19-4-2-3-18(22)21(19)23/h2-12,25H,13H2,1H3,(H,24,26). The summed E-state index contributed by atoms with van der Waals surface area (Å²) < 4.78 is 32.7. The van der Waals surface area contributed by atoms with Gasteiger partial charge in [0.1, 0.15) is 5.75 Å². The van der Waals surface area contributed by atoms with E-state index in [1.807, 2.05) is 0 Å². The molecule has 0 aliphatic rings. The smallest absolute Gasteiger partial charge is 0.261 e. The normalized spacial score (nSPS) is 11.0. The Kier molecular flexibility index (Phi) is 6.87. The molecule has 0 unspecified atom stereocenters. The average Bonchev–Trinajstić information content (AvgIpc) is 2.72. The van der Waals surface area contributed by atoms with Crippen molar-refractivity contribution in [3.05, 3.63) is 82.3 Å². The van der Waals surface area contributed by atoms with Crippen molar-refractivity contribution in [2.45, 2.75) is 11.3 Å². The van der Waals surface area contributed by atoms with Crippen molar-refractivity contribution >= 4 is 50.5 Å². The number of rotatable bonds is 7. The first-order valence-corrected chi connectivity index (χ1v) is 11.0. The van der Waals surface area contributed by atoms with E-state index in [0.29, 0.717) is 11.4 Å². The van der Waals surface area contributed by atoms with Crippen LogP contribution in [0.2, 0.25) is 10.0 Å². The maximum atomic E-state index is 12.6. The Labute approximate surface area is 184 Å². The van der Waals surface area contributed by atoms with E-state index in [1.54, 1.807) is 43.5 Å². The highest BCUT2D eigenvalue weighted by Crippen LogP contribution is 2.31. The maximum absolute atomic E-state index is 12.6. The molecule has 0 spiro atoms. The van der Waals surface area contributed by atoms with Crippen LogP contribution < -0.4 is 14.8 Å². The Morgan fingerprint density at radius 3 is 2.27 bits per heavy atom. The Morgan fingerprint density at radius 2 is 1.63 bits per heavy atom. The predicted octanol–water partition coefficient (Wildman–Crippen LogP) is 4.98. The highest BCUT2D eigenvalue weighted by Gasteiger charge is 2.17. The first kappa shape index (κ1) is 22.0. The molecule has 156 valence electrons. The summed E-state index contributed by atoms with van der Waals surface area (Å²) >= 11 is 12.0. The zero-order valence-corrected chi connectivity index (χ0v) is 18.2. The Hall–Kier alpha value is -2.74. The number of benzene rings is 3. The van der Waals surface area contributed by atoms with E-state index < -0.39 is 10.0 Å². The van der Waals surface area contributed by atoms with Gasteiger partial charge in [-0.3, -0.25) is 9.52 Å². The lowest BCUT2D eigenvalue weighted by molar-refractivity contribution is -0.115. The Balaban J connectivity index is 1.66. The average molecular weight is 465 g/mol. The van der Waals surface area contributed by atoms with Crippen LogP contribution in [0.15, 0.2) is 71.6 Å². The molecule has 6 nitrogen and oxygen atoms in total. The van der Waals surface area contributed by atoms with Gasteiger partial charge in [0.15, 0.2) is 0 Å². The molecule has 3 aromatic rings. The lowest BCUT2D eigenvalue weighted by Crippen LogP contribution is -2.15. The number of nitrogens with one attached hydrogen (secondary N) is 2. The molecule has 3 rings (SSSR count). The number of ether oxygens (including phenoxy) is 1. The molecule has 0 atom stereocenters. The van der Waals surface area contributed by atoms with Crippen molar-refractivity contribution in [2.75, 3.05) is 17.1 Å². The Morgan fingerprint density at radius 1 is 0.967 bits per heavy atom. The number of amides is 1. The first-order chi connectivity index (χ1) is 14.3. The van der Waals surface area contributed by atoms with Crippen LogP contribution in [0.4, 0.5) is 11.4 Å². The second-order valence-corrected chi connectivity index (χ2v) is 8.77. The summed E-state index contributed by atoms with van der Waals surface area (Å²) in [5, 5.41) is 3.10. The third-order valence-electron chi connectivity index (χ3n) is 4.17. The molecular formula is C21H18Cl2N2O4S. The molecule has 0 saturated heterocycles. The van der Waals surface area contributed by atoms with Gasteiger partial charge in [0.25, 0.3) is 10.0 Å². The van der Waals surface area contributed by atoms with Gasteiger partial charge in [-0.2, -0.15) is 0 Å². The van der Waals surface area contributed by atoms with Gasteiger partial charge in [-0.15, -0.1) is 0 Å². The van der Waals surface area contributed by atoms with E-state index in [4.69, 9.17) is 27.9 Å². The molecule has 2 N–H and O–H groups in total. The minimum Gasteiger partial charge on any atom is -0.497 e. The number of hydrogen-bond acceptors (Lipinski definition) is 4. The van der Waals surface area contributed by atoms with Gasteiger partial charge in [-0.05, 0) is 54.1 Å². The molecule has 0 bridgehead atoms. The largest absolute Gasteiger partial charge is 0.497 e. The van der Waals surface area contributed by atoms with Gasteiger partial charge in [0.05, 0.1) is 34.2 Å². The van der Waals surface area contributed by atoms with E-state index >= 15 is 0 Å². The molecule has 0 aliphatic heterocycles. The molecule has 3 aromatic carbocycles. The summed E-state index contributed by atoms with van der Waals surface area (Å²) in [6.45, 7) is 0. The quantitative estimate of drug-likeness (QED) is 0.515. The van der Waals surface area contributed by atoms with Gasteiger partial charge in [-0.1, -0.05) is 41.4 Å². The summed E-state index contributed by atoms with van der Waals surface area (Å²) in [4.78, 5) is 12.2. The number of hydrogen-bond donors (Lipinski definition) is 2. The second-order valence-electron chi connectivity index (χ2n) is 6.30. The first-order valence-electron chi connectivity index (χ1n) is 8.78. The van der Waals surface area contributed by atoms with E-state index in [1.165, 1.54) is 30.3 Å². The third-order valence-corrected chi connectivity index (χ3v) is 6.37. The molecule has 0 heterocycles. The van der Waals surface area contributed by atoms with Crippen molar-refractivity contribution < 1.29 is 17.9 Å². The van der Waals surface area contributed by atoms with Crippen LogP contribution in [0.25, 0.3) is 0 Å². The molecule has 1 amide bonds. The number of carbonyl (C=O) groups is 1. The fourth-order valence-corrected chi connectivity index (χ4v) is 4.11. The molecule has 0 aromatic heterocycles. The SMILES string of the molecule is COc1ccc(CC(=O)Nc2ccc(S(=O)(=O)Nc3cccc(Cl)c3Cl)cc2)cc1. The van der Waals surface area contributed by atoms with Crippen LogP contribution in [0.5, 0.6) is 5.75 Å². The van der Waals surface area contributed by atoms with Gasteiger partial charge in [0, 0.05) is 5.69 Å². The van der Waals surface area contributed by atoms with E-state index in [0.717, 1.165) is 5.56 Å². The zero-order valence-electron chi connectivity index (χ0n) is 15.9. The highest BCUT2D eigenvalue weighted by molar-refractivity contribution is 7.92. The lowest BCUT2D eigenvalue weighted by atomic mass is 10.1. The number of methoxy groups -OCH3 is 1. The monoisotopic (exact) mass is 464 g/mol. The number of anilines is 2. The van der Waals surface area contributed by atoms with E-state index in [2.05, 4.69) is 10.0 Å². The van der Waals surface area contributed by atoms with Crippen LogP contribution in [-0.2, 0) is 21.2 Å². The van der Waals surface area contributed by atoms with Crippen molar-refractivity contribution in [1.82, 2.24) is 0 Å². The van der Waals surface area contributed by atoms with Gasteiger partial charge in [-0.25, -0.2) is 8.42 Å². The fourth-order valence-electron chi connectivity index (χ4n) is 2.64. The minimum atomic E-state index is -3.87. The van der Waals surface area contributed by atoms with Crippen LogP contribution in [0.1, 0.15) is 5.56 Å². The van der Waals surface area contributed by atoms with Crippen LogP contribution in [0.3, 0.4) is 0 Å². The molecule has 0 aliphatic carbocycles. The summed E-state index contributed by atoms with van der Waals surface area (Å²) in [6, 6.07) is 17.6. The molecule has 0 fully saturated rings. The van der Waals surface area contributed by atoms with Crippen LogP contribution >= 0.6 is 23.2 Å². The fraction of sp³-hybridized carbons (Fsp3) is 0.0952. The van der Waals surface area contributed by atoms with Gasteiger partial charge in [0.2, 0.25) is 5.91 Å². The van der Waals surface area contributed by atoms with Gasteiger partial charge < -0.3 is 10.1 Å². The third kappa shape index (κ3) is 5.44. The molecule has 0 radical (unpaired) electrons. The second kappa shape index (κ2) is 9.38. The molecule has 30 heavy (non-hydrogen) atoms. The maximum Gasteiger partial charge on any atom is 0.261 e. The van der Waals surface area contributed by atoms with Crippen molar-refractivity contribution in [1.29, 1.82) is 0 Å². The van der Waals surface area contributed by atoms with Crippen molar-refractivity contribution in [3.63, 3.8) is 0 Å². The number of carbonyl (C=O) groups excluding carboxylic acids is 1. The van der Waals surface area contributed by atoms with E-state index in [9.17, 15) is 13.2 Å². The van der Waals surface area contributed by atoms with Crippen molar-refractivity contribution in [3.8, 4) is 5.75 Å². The van der Waals surface area contributed by atoms with Crippen LogP contribution in [-0.4, -0.2) is 21.4 Å². The molecule has 9 heteroatoms. The minimum absolute atomic E-state index is 0.0201. The van der Waals surface area contributed by atoms with Crippen molar-refractivity contribution in [2.24, 2.45) is 0 Å². The van der Waals surface area contributed by atoms with Crippen LogP contribution in [0, 0.1) is 0 Å². The lowest BCUT2D eigenvalue weighted by Gasteiger charge is -2.11. The summed E-state index contributed by atoms with van der Waals surface area (Å²) in [6.07, 6.45) is 0.179.